The van der Waals surface area contributed by atoms with Crippen LogP contribution in [0.25, 0.3) is 0 Å². The fraction of sp³-hybridized carbons (Fsp3) is 0.216. The summed E-state index contributed by atoms with van der Waals surface area (Å²) in [5, 5.41) is 18.7. The number of halogens is 3. The number of nitrogens with zero attached hydrogens (tertiary/aromatic N) is 1. The maximum absolute atomic E-state index is 13.7. The Bertz CT molecular complexity index is 1720. The summed E-state index contributed by atoms with van der Waals surface area (Å²) in [5.74, 6) is -3.95. The summed E-state index contributed by atoms with van der Waals surface area (Å²) in [6.07, 6.45) is -4.24. The van der Waals surface area contributed by atoms with Crippen molar-refractivity contribution >= 4 is 35.5 Å². The maximum Gasteiger partial charge on any atom is 0.490 e. The number of para-hydroxylation sites is 1. The van der Waals surface area contributed by atoms with E-state index in [1.54, 1.807) is 0 Å². The zero-order valence-corrected chi connectivity index (χ0v) is 28.0. The Labute approximate surface area is 298 Å². The van der Waals surface area contributed by atoms with Crippen LogP contribution in [0, 0.1) is 0 Å². The van der Waals surface area contributed by atoms with Crippen molar-refractivity contribution in [3.8, 4) is 0 Å². The molecule has 0 saturated heterocycles. The highest BCUT2D eigenvalue weighted by molar-refractivity contribution is 5.92. The number of alkyl halides is 3. The van der Waals surface area contributed by atoms with Gasteiger partial charge in [0.1, 0.15) is 6.04 Å². The lowest BCUT2D eigenvalue weighted by Gasteiger charge is -2.23. The third-order valence-electron chi connectivity index (χ3n) is 7.32. The van der Waals surface area contributed by atoms with E-state index in [9.17, 15) is 27.6 Å². The molecule has 4 aromatic carbocycles. The molecule has 12 nitrogen and oxygen atoms in total. The largest absolute Gasteiger partial charge is 0.490 e. The number of hydrogen-bond donors (Lipinski definition) is 7. The number of aliphatic carboxylic acids is 1. The number of nitrogens with two attached hydrogens (primary N) is 2. The molecule has 0 bridgehead atoms. The third-order valence-corrected chi connectivity index (χ3v) is 7.32. The number of guanidine groups is 1. The van der Waals surface area contributed by atoms with Crippen LogP contribution in [0.1, 0.15) is 41.0 Å². The number of amides is 4. The molecule has 4 rings (SSSR count). The van der Waals surface area contributed by atoms with Gasteiger partial charge in [0.05, 0.1) is 5.92 Å². The number of urea groups is 1. The fourth-order valence-corrected chi connectivity index (χ4v) is 4.78. The molecule has 15 heteroatoms. The summed E-state index contributed by atoms with van der Waals surface area (Å²) >= 11 is 0. The Morgan fingerprint density at radius 1 is 0.692 bits per heavy atom. The molecule has 9 N–H and O–H groups in total. The third kappa shape index (κ3) is 14.2. The van der Waals surface area contributed by atoms with E-state index in [4.69, 9.17) is 21.4 Å². The van der Waals surface area contributed by atoms with Crippen LogP contribution in [0.5, 0.6) is 0 Å². The van der Waals surface area contributed by atoms with Crippen LogP contribution in [0.4, 0.5) is 23.7 Å². The minimum atomic E-state index is -5.08. The predicted octanol–water partition coefficient (Wildman–Crippen LogP) is 4.63. The Hall–Kier alpha value is -6.38. The van der Waals surface area contributed by atoms with Crippen molar-refractivity contribution in [1.82, 2.24) is 16.0 Å². The highest BCUT2D eigenvalue weighted by atomic mass is 19.4. The summed E-state index contributed by atoms with van der Waals surface area (Å²) < 4.78 is 31.7. The monoisotopic (exact) mass is 719 g/mol. The van der Waals surface area contributed by atoms with Gasteiger partial charge in [-0.2, -0.15) is 13.2 Å². The van der Waals surface area contributed by atoms with Crippen LogP contribution >= 0.6 is 0 Å². The Morgan fingerprint density at radius 2 is 1.15 bits per heavy atom. The molecule has 0 aliphatic heterocycles. The molecule has 1 atom stereocenters. The first kappa shape index (κ1) is 40.1. The van der Waals surface area contributed by atoms with Crippen molar-refractivity contribution in [2.24, 2.45) is 16.5 Å². The van der Waals surface area contributed by atoms with Gasteiger partial charge in [-0.3, -0.25) is 14.6 Å². The van der Waals surface area contributed by atoms with Crippen molar-refractivity contribution in [1.29, 1.82) is 0 Å². The van der Waals surface area contributed by atoms with Crippen LogP contribution in [-0.2, 0) is 27.5 Å². The Balaban J connectivity index is 0.000000944. The second kappa shape index (κ2) is 20.3. The minimum absolute atomic E-state index is 0.0243. The molecule has 0 aliphatic rings. The minimum Gasteiger partial charge on any atom is -0.475 e. The first-order chi connectivity index (χ1) is 24.8. The zero-order valence-electron chi connectivity index (χ0n) is 28.0. The standard InChI is InChI=1S/C35H39N7O3.C2HF3O2/c36-34(37)38-22-10-17-30(42-33(44)31(27-11-4-1-5-12-27)28-13-6-2-7-14-28)32(43)39-23-25-18-20-26(21-19-25)24-40-35(45)41-29-15-8-3-9-16-29;3-2(4,5)1(6)7/h1-9,11-16,18-21,30-31H,10,17,22-24H2,(H,39,43)(H,42,44)(H4,36,37,38)(H2,40,41,45);(H,6,7)/t30-;/m1./s1. The van der Waals surface area contributed by atoms with Crippen LogP contribution < -0.4 is 32.7 Å². The number of aliphatic imine (C=N–C) groups is 1. The Morgan fingerprint density at radius 3 is 1.62 bits per heavy atom. The number of nitrogens with one attached hydrogen (secondary N) is 4. The summed E-state index contributed by atoms with van der Waals surface area (Å²) in [4.78, 5) is 52.2. The zero-order chi connectivity index (χ0) is 37.9. The molecule has 0 saturated carbocycles. The number of carboxylic acid groups (broad SMARTS) is 1. The molecular weight excluding hydrogens is 679 g/mol. The van der Waals surface area contributed by atoms with Crippen molar-refractivity contribution in [3.63, 3.8) is 0 Å². The summed E-state index contributed by atoms with van der Waals surface area (Å²) in [5.41, 5.74) is 15.1. The number of carbonyl (C=O) groups excluding carboxylic acids is 3. The van der Waals surface area contributed by atoms with Gasteiger partial charge in [-0.05, 0) is 47.2 Å². The van der Waals surface area contributed by atoms with Crippen molar-refractivity contribution in [2.75, 3.05) is 11.9 Å². The first-order valence-electron chi connectivity index (χ1n) is 16.0. The molecule has 4 amide bonds. The van der Waals surface area contributed by atoms with Crippen molar-refractivity contribution < 1.29 is 37.5 Å². The molecule has 52 heavy (non-hydrogen) atoms. The van der Waals surface area contributed by atoms with E-state index >= 15 is 0 Å². The van der Waals surface area contributed by atoms with Crippen LogP contribution in [0.3, 0.4) is 0 Å². The van der Waals surface area contributed by atoms with Crippen LogP contribution in [0.15, 0.2) is 120 Å². The van der Waals surface area contributed by atoms with Crippen molar-refractivity contribution in [2.45, 2.75) is 44.1 Å². The number of benzene rings is 4. The number of anilines is 1. The van der Waals surface area contributed by atoms with E-state index in [1.165, 1.54) is 0 Å². The molecule has 4 aromatic rings. The second-order valence-corrected chi connectivity index (χ2v) is 11.3. The molecule has 0 aromatic heterocycles. The average molecular weight is 720 g/mol. The van der Waals surface area contributed by atoms with Gasteiger partial charge in [-0.15, -0.1) is 0 Å². The van der Waals surface area contributed by atoms with E-state index in [-0.39, 0.29) is 30.3 Å². The van der Waals surface area contributed by atoms with Crippen molar-refractivity contribution in [3.05, 3.63) is 138 Å². The fourth-order valence-electron chi connectivity index (χ4n) is 4.78. The lowest BCUT2D eigenvalue weighted by atomic mass is 9.90. The quantitative estimate of drug-likeness (QED) is 0.0560. The number of carboxylic acids is 1. The molecule has 274 valence electrons. The van der Waals surface area contributed by atoms with E-state index in [1.807, 2.05) is 115 Å². The van der Waals surface area contributed by atoms with E-state index < -0.39 is 24.1 Å². The highest BCUT2D eigenvalue weighted by Gasteiger charge is 2.38. The lowest BCUT2D eigenvalue weighted by molar-refractivity contribution is -0.192. The summed E-state index contributed by atoms with van der Waals surface area (Å²) in [6.45, 7) is 0.947. The SMILES string of the molecule is NC(N)=NCCC[C@@H](NC(=O)C(c1ccccc1)c1ccccc1)C(=O)NCc1ccc(CNC(=O)Nc2ccccc2)cc1.O=C(O)C(F)(F)F. The van der Waals surface area contributed by atoms with E-state index in [2.05, 4.69) is 26.3 Å². The number of carbonyl (C=O) groups is 4. The van der Waals surface area contributed by atoms with E-state index in [0.29, 0.717) is 31.6 Å². The summed E-state index contributed by atoms with van der Waals surface area (Å²) in [6, 6.07) is 34.6. The van der Waals surface area contributed by atoms with Gasteiger partial charge in [-0.25, -0.2) is 9.59 Å². The molecule has 0 unspecified atom stereocenters. The molecule has 0 radical (unpaired) electrons. The van der Waals surface area contributed by atoms with Gasteiger partial charge in [0.2, 0.25) is 11.8 Å². The smallest absolute Gasteiger partial charge is 0.475 e. The number of rotatable bonds is 14. The highest BCUT2D eigenvalue weighted by Crippen LogP contribution is 2.25. The topological polar surface area (TPSA) is 201 Å². The maximum atomic E-state index is 13.7. The van der Waals surface area contributed by atoms with Gasteiger partial charge in [0.25, 0.3) is 0 Å². The number of hydrogen-bond acceptors (Lipinski definition) is 5. The van der Waals surface area contributed by atoms with Crippen LogP contribution in [0.2, 0.25) is 0 Å². The van der Waals surface area contributed by atoms with Crippen LogP contribution in [-0.4, -0.2) is 53.6 Å². The average Bonchev–Trinajstić information content (AvgIpc) is 3.12. The van der Waals surface area contributed by atoms with Gasteiger partial charge in [-0.1, -0.05) is 103 Å². The normalized spacial score (nSPS) is 11.2. The van der Waals surface area contributed by atoms with Gasteiger partial charge in [0, 0.05) is 25.3 Å². The first-order valence-corrected chi connectivity index (χ1v) is 16.0. The predicted molar refractivity (Wildman–Crippen MR) is 191 cm³/mol. The summed E-state index contributed by atoms with van der Waals surface area (Å²) in [7, 11) is 0. The van der Waals surface area contributed by atoms with E-state index in [0.717, 1.165) is 22.3 Å². The second-order valence-electron chi connectivity index (χ2n) is 11.3. The van der Waals surface area contributed by atoms with Gasteiger partial charge >= 0.3 is 18.2 Å². The van der Waals surface area contributed by atoms with Gasteiger partial charge in [0.15, 0.2) is 5.96 Å². The molecule has 0 spiro atoms. The molecule has 0 aliphatic carbocycles. The lowest BCUT2D eigenvalue weighted by Crippen LogP contribution is -2.48. The molecular formula is C37H40F3N7O5. The molecule has 0 heterocycles. The molecule has 0 fully saturated rings. The Kier molecular flexibility index (Phi) is 15.7. The van der Waals surface area contributed by atoms with Gasteiger partial charge < -0.3 is 37.8 Å².